The van der Waals surface area contributed by atoms with Gasteiger partial charge in [0.1, 0.15) is 0 Å². The van der Waals surface area contributed by atoms with Crippen LogP contribution in [-0.4, -0.2) is 0 Å². The molecule has 0 amide bonds. The topological polar surface area (TPSA) is 25.2 Å². The van der Waals surface area contributed by atoms with Crippen molar-refractivity contribution in [3.63, 3.8) is 0 Å². The maximum absolute atomic E-state index is 5.91. The van der Waals surface area contributed by atoms with Crippen LogP contribution in [0.2, 0.25) is 5.02 Å². The Kier molecular flexibility index (Phi) is 3.76. The van der Waals surface area contributed by atoms with Crippen molar-refractivity contribution < 1.29 is 4.42 Å². The molecule has 0 aliphatic heterocycles. The third-order valence-corrected chi connectivity index (χ3v) is 3.47. The fourth-order valence-electron chi connectivity index (χ4n) is 1.44. The van der Waals surface area contributed by atoms with Crippen molar-refractivity contribution in [3.8, 4) is 0 Å². The highest BCUT2D eigenvalue weighted by atomic mass is 127. The number of furan rings is 1. The average Bonchev–Trinajstić information content (AvgIpc) is 2.75. The summed E-state index contributed by atoms with van der Waals surface area (Å²) in [5, 5.41) is 4.17. The summed E-state index contributed by atoms with van der Waals surface area (Å²) in [7, 11) is 0. The van der Waals surface area contributed by atoms with Gasteiger partial charge in [0, 0.05) is 19.8 Å². The zero-order valence-corrected chi connectivity index (χ0v) is 11.6. The Bertz CT molecular complexity index is 470. The first-order valence-corrected chi connectivity index (χ1v) is 6.36. The van der Waals surface area contributed by atoms with Crippen LogP contribution in [0.4, 0.5) is 5.69 Å². The predicted molar refractivity (Wildman–Crippen MR) is 74.9 cm³/mol. The van der Waals surface area contributed by atoms with Crippen LogP contribution in [0.5, 0.6) is 0 Å². The number of nitrogens with one attached hydrogen (secondary N) is 1. The van der Waals surface area contributed by atoms with Crippen molar-refractivity contribution in [1.82, 2.24) is 0 Å². The fourth-order valence-corrected chi connectivity index (χ4v) is 2.47. The molecule has 1 aromatic heterocycles. The molecule has 2 aromatic rings. The quantitative estimate of drug-likeness (QED) is 0.813. The van der Waals surface area contributed by atoms with E-state index in [-0.39, 0.29) is 6.04 Å². The number of anilines is 1. The highest BCUT2D eigenvalue weighted by Gasteiger charge is 2.08. The predicted octanol–water partition coefficient (Wildman–Crippen LogP) is 4.71. The largest absolute Gasteiger partial charge is 0.472 e. The lowest BCUT2D eigenvalue weighted by Crippen LogP contribution is -2.06. The van der Waals surface area contributed by atoms with Crippen molar-refractivity contribution in [3.05, 3.63) is 50.9 Å². The van der Waals surface area contributed by atoms with E-state index in [2.05, 4.69) is 34.8 Å². The molecule has 0 saturated heterocycles. The Hall–Kier alpha value is -0.680. The van der Waals surface area contributed by atoms with Gasteiger partial charge in [0.15, 0.2) is 0 Å². The molecule has 0 aliphatic rings. The molecule has 0 spiro atoms. The second kappa shape index (κ2) is 5.10. The van der Waals surface area contributed by atoms with Gasteiger partial charge in [-0.2, -0.15) is 0 Å². The summed E-state index contributed by atoms with van der Waals surface area (Å²) in [5.74, 6) is 0. The smallest absolute Gasteiger partial charge is 0.0955 e. The average molecular weight is 348 g/mol. The normalized spacial score (nSPS) is 12.4. The van der Waals surface area contributed by atoms with E-state index < -0.39 is 0 Å². The fraction of sp³-hybridized carbons (Fsp3) is 0.167. The monoisotopic (exact) mass is 347 g/mol. The lowest BCUT2D eigenvalue weighted by atomic mass is 10.1. The van der Waals surface area contributed by atoms with Gasteiger partial charge in [-0.1, -0.05) is 11.6 Å². The van der Waals surface area contributed by atoms with E-state index in [1.165, 1.54) is 0 Å². The molecule has 0 fully saturated rings. The minimum atomic E-state index is 0.216. The van der Waals surface area contributed by atoms with Crippen LogP contribution >= 0.6 is 34.2 Å². The number of halogens is 2. The van der Waals surface area contributed by atoms with Gasteiger partial charge in [0.2, 0.25) is 0 Å². The number of hydrogen-bond acceptors (Lipinski definition) is 2. The molecular formula is C12H11ClINO. The van der Waals surface area contributed by atoms with Gasteiger partial charge in [0.25, 0.3) is 0 Å². The Morgan fingerprint density at radius 1 is 1.38 bits per heavy atom. The zero-order valence-electron chi connectivity index (χ0n) is 8.71. The second-order valence-electron chi connectivity index (χ2n) is 3.55. The molecule has 84 valence electrons. The summed E-state index contributed by atoms with van der Waals surface area (Å²) in [5.41, 5.74) is 2.21. The molecule has 0 aliphatic carbocycles. The van der Waals surface area contributed by atoms with E-state index in [9.17, 15) is 0 Å². The SMILES string of the molecule is CC(Nc1ccc(Cl)cc1I)c1ccoc1. The number of benzene rings is 1. The molecule has 4 heteroatoms. The molecule has 16 heavy (non-hydrogen) atoms. The van der Waals surface area contributed by atoms with Gasteiger partial charge in [-0.15, -0.1) is 0 Å². The molecule has 1 aromatic carbocycles. The van der Waals surface area contributed by atoms with Crippen LogP contribution in [-0.2, 0) is 0 Å². The minimum Gasteiger partial charge on any atom is -0.472 e. The van der Waals surface area contributed by atoms with Gasteiger partial charge in [-0.25, -0.2) is 0 Å². The lowest BCUT2D eigenvalue weighted by molar-refractivity contribution is 0.562. The maximum atomic E-state index is 5.91. The summed E-state index contributed by atoms with van der Waals surface area (Å²) in [6.45, 7) is 2.09. The molecule has 1 heterocycles. The molecule has 0 radical (unpaired) electrons. The Balaban J connectivity index is 2.15. The van der Waals surface area contributed by atoms with Crippen LogP contribution < -0.4 is 5.32 Å². The van der Waals surface area contributed by atoms with E-state index in [1.54, 1.807) is 12.5 Å². The van der Waals surface area contributed by atoms with Gasteiger partial charge in [0.05, 0.1) is 18.6 Å². The van der Waals surface area contributed by atoms with E-state index in [4.69, 9.17) is 16.0 Å². The van der Waals surface area contributed by atoms with Crippen LogP contribution in [0.1, 0.15) is 18.5 Å². The summed E-state index contributed by atoms with van der Waals surface area (Å²) < 4.78 is 6.17. The molecule has 0 saturated carbocycles. The lowest BCUT2D eigenvalue weighted by Gasteiger charge is -2.15. The summed E-state index contributed by atoms with van der Waals surface area (Å²) >= 11 is 8.17. The second-order valence-corrected chi connectivity index (χ2v) is 5.15. The first-order valence-electron chi connectivity index (χ1n) is 4.90. The van der Waals surface area contributed by atoms with Crippen LogP contribution in [0.3, 0.4) is 0 Å². The first-order chi connectivity index (χ1) is 7.66. The van der Waals surface area contributed by atoms with E-state index in [0.29, 0.717) is 0 Å². The molecule has 1 atom stereocenters. The third-order valence-electron chi connectivity index (χ3n) is 2.35. The van der Waals surface area contributed by atoms with Crippen molar-refractivity contribution in [2.45, 2.75) is 13.0 Å². The molecular weight excluding hydrogens is 336 g/mol. The Labute approximate surface area is 113 Å². The van der Waals surface area contributed by atoms with Crippen LogP contribution in [0, 0.1) is 3.57 Å². The van der Waals surface area contributed by atoms with Crippen LogP contribution in [0.25, 0.3) is 0 Å². The standard InChI is InChI=1S/C12H11ClINO/c1-8(9-4-5-16-7-9)15-12-3-2-10(13)6-11(12)14/h2-8,15H,1H3. The van der Waals surface area contributed by atoms with Gasteiger partial charge >= 0.3 is 0 Å². The Morgan fingerprint density at radius 2 is 2.19 bits per heavy atom. The van der Waals surface area contributed by atoms with E-state index >= 15 is 0 Å². The highest BCUT2D eigenvalue weighted by Crippen LogP contribution is 2.26. The molecule has 1 unspecified atom stereocenters. The molecule has 0 bridgehead atoms. The number of hydrogen-bond donors (Lipinski definition) is 1. The molecule has 2 rings (SSSR count). The summed E-state index contributed by atoms with van der Waals surface area (Å²) in [6, 6.07) is 7.98. The maximum Gasteiger partial charge on any atom is 0.0955 e. The van der Waals surface area contributed by atoms with Gasteiger partial charge in [-0.05, 0) is 53.8 Å². The van der Waals surface area contributed by atoms with Gasteiger partial charge < -0.3 is 9.73 Å². The zero-order chi connectivity index (χ0) is 11.5. The third kappa shape index (κ3) is 2.71. The van der Waals surface area contributed by atoms with E-state index in [1.807, 2.05) is 24.3 Å². The Morgan fingerprint density at radius 3 is 2.81 bits per heavy atom. The summed E-state index contributed by atoms with van der Waals surface area (Å²) in [4.78, 5) is 0. The molecule has 1 N–H and O–H groups in total. The first kappa shape index (κ1) is 11.8. The molecule has 2 nitrogen and oxygen atoms in total. The van der Waals surface area contributed by atoms with Crippen molar-refractivity contribution in [2.24, 2.45) is 0 Å². The van der Waals surface area contributed by atoms with Crippen LogP contribution in [0.15, 0.2) is 41.2 Å². The summed E-state index contributed by atoms with van der Waals surface area (Å²) in [6.07, 6.45) is 3.43. The van der Waals surface area contributed by atoms with Crippen molar-refractivity contribution in [1.29, 1.82) is 0 Å². The van der Waals surface area contributed by atoms with E-state index in [0.717, 1.165) is 19.8 Å². The number of rotatable bonds is 3. The van der Waals surface area contributed by atoms with Crippen molar-refractivity contribution in [2.75, 3.05) is 5.32 Å². The minimum absolute atomic E-state index is 0.216. The highest BCUT2D eigenvalue weighted by molar-refractivity contribution is 14.1. The van der Waals surface area contributed by atoms with Gasteiger partial charge in [-0.3, -0.25) is 0 Å². The van der Waals surface area contributed by atoms with Crippen molar-refractivity contribution >= 4 is 39.9 Å².